The molecule has 2 rings (SSSR count). The van der Waals surface area contributed by atoms with Crippen LogP contribution < -0.4 is 0 Å². The van der Waals surface area contributed by atoms with Gasteiger partial charge in [0.1, 0.15) is 0 Å². The number of nitrogens with zero attached hydrogens (tertiary/aromatic N) is 2. The number of hydrogen-bond donors (Lipinski definition) is 1. The van der Waals surface area contributed by atoms with E-state index >= 15 is 0 Å². The van der Waals surface area contributed by atoms with Gasteiger partial charge in [0.2, 0.25) is 0 Å². The smallest absolute Gasteiger partial charge is 0.261 e. The maximum atomic E-state index is 11.8. The van der Waals surface area contributed by atoms with Crippen molar-refractivity contribution in [1.82, 2.24) is 4.90 Å². The van der Waals surface area contributed by atoms with Gasteiger partial charge in [0.25, 0.3) is 11.8 Å². The average molecular weight is 239 g/mol. The van der Waals surface area contributed by atoms with Crippen LogP contribution in [-0.2, 0) is 0 Å². The van der Waals surface area contributed by atoms with E-state index in [2.05, 4.69) is 5.16 Å². The number of imide groups is 1. The van der Waals surface area contributed by atoms with Crippen molar-refractivity contribution in [3.05, 3.63) is 35.4 Å². The third kappa shape index (κ3) is 1.55. The first-order valence-corrected chi connectivity index (χ1v) is 4.84. The highest BCUT2D eigenvalue weighted by molar-refractivity contribution is 6.66. The molecule has 0 fully saturated rings. The Bertz CT molecular complexity index is 464. The van der Waals surface area contributed by atoms with E-state index in [0.29, 0.717) is 11.1 Å². The molecule has 0 atom stereocenters. The van der Waals surface area contributed by atoms with Crippen LogP contribution in [0.3, 0.4) is 0 Å². The zero-order valence-corrected chi connectivity index (χ0v) is 8.81. The van der Waals surface area contributed by atoms with Crippen LogP contribution in [0.4, 0.5) is 0 Å². The predicted molar refractivity (Wildman–Crippen MR) is 56.9 cm³/mol. The van der Waals surface area contributed by atoms with Crippen LogP contribution in [0, 0.1) is 0 Å². The van der Waals surface area contributed by atoms with E-state index in [-0.39, 0.29) is 11.7 Å². The minimum Gasteiger partial charge on any atom is -0.410 e. The Morgan fingerprint density at radius 2 is 1.75 bits per heavy atom. The largest absolute Gasteiger partial charge is 0.410 e. The fraction of sp³-hybridized carbons (Fsp3) is 0.100. The van der Waals surface area contributed by atoms with Gasteiger partial charge in [-0.1, -0.05) is 28.9 Å². The average Bonchev–Trinajstić information content (AvgIpc) is 2.55. The third-order valence-corrected chi connectivity index (χ3v) is 2.47. The van der Waals surface area contributed by atoms with E-state index in [9.17, 15) is 9.59 Å². The van der Waals surface area contributed by atoms with Gasteiger partial charge in [-0.3, -0.25) is 14.5 Å². The molecule has 1 aromatic carbocycles. The van der Waals surface area contributed by atoms with Crippen molar-refractivity contribution in [3.63, 3.8) is 0 Å². The lowest BCUT2D eigenvalue weighted by Crippen LogP contribution is -2.33. The van der Waals surface area contributed by atoms with E-state index < -0.39 is 11.8 Å². The SMILES string of the molecule is O=C1c2ccccc2C(=O)N1C/C(Cl)=N/O. The Hall–Kier alpha value is -1.88. The fourth-order valence-electron chi connectivity index (χ4n) is 1.54. The van der Waals surface area contributed by atoms with Crippen LogP contribution in [0.5, 0.6) is 0 Å². The molecule has 0 saturated carbocycles. The molecule has 0 spiro atoms. The Morgan fingerprint density at radius 1 is 1.25 bits per heavy atom. The zero-order valence-electron chi connectivity index (χ0n) is 8.05. The van der Waals surface area contributed by atoms with Crippen molar-refractivity contribution in [2.75, 3.05) is 6.54 Å². The Kier molecular flexibility index (Phi) is 2.62. The number of fused-ring (bicyclic) bond motifs is 1. The number of benzene rings is 1. The first-order chi connectivity index (χ1) is 7.65. The Labute approximate surface area is 95.9 Å². The molecule has 1 aliphatic rings. The van der Waals surface area contributed by atoms with Crippen molar-refractivity contribution in [1.29, 1.82) is 0 Å². The number of amides is 2. The van der Waals surface area contributed by atoms with Crippen LogP contribution >= 0.6 is 11.6 Å². The van der Waals surface area contributed by atoms with Gasteiger partial charge in [0.15, 0.2) is 5.17 Å². The topological polar surface area (TPSA) is 70.0 Å². The minimum atomic E-state index is -0.428. The van der Waals surface area contributed by atoms with Gasteiger partial charge < -0.3 is 5.21 Å². The zero-order chi connectivity index (χ0) is 11.7. The second kappa shape index (κ2) is 3.94. The lowest BCUT2D eigenvalue weighted by atomic mass is 10.1. The Balaban J connectivity index is 2.35. The number of halogens is 1. The summed E-state index contributed by atoms with van der Waals surface area (Å²) >= 11 is 5.47. The standard InChI is InChI=1S/C10H7ClN2O3/c11-8(12-16)5-13-9(14)6-3-1-2-4-7(6)10(13)15/h1-4,16H,5H2/b12-8-. The molecule has 82 valence electrons. The number of oxime groups is 1. The molecular formula is C10H7ClN2O3. The Morgan fingerprint density at radius 3 is 2.19 bits per heavy atom. The lowest BCUT2D eigenvalue weighted by Gasteiger charge is -2.10. The number of hydrogen-bond acceptors (Lipinski definition) is 4. The van der Waals surface area contributed by atoms with Crippen molar-refractivity contribution in [2.45, 2.75) is 0 Å². The molecule has 5 nitrogen and oxygen atoms in total. The monoisotopic (exact) mass is 238 g/mol. The van der Waals surface area contributed by atoms with Gasteiger partial charge in [-0.15, -0.1) is 0 Å². The summed E-state index contributed by atoms with van der Waals surface area (Å²) in [7, 11) is 0. The normalized spacial score (nSPS) is 15.6. The summed E-state index contributed by atoms with van der Waals surface area (Å²) in [4.78, 5) is 24.5. The van der Waals surface area contributed by atoms with Gasteiger partial charge >= 0.3 is 0 Å². The highest BCUT2D eigenvalue weighted by atomic mass is 35.5. The van der Waals surface area contributed by atoms with Crippen LogP contribution in [0.2, 0.25) is 0 Å². The van der Waals surface area contributed by atoms with Crippen molar-refractivity contribution in [2.24, 2.45) is 5.16 Å². The maximum Gasteiger partial charge on any atom is 0.261 e. The van der Waals surface area contributed by atoms with Crippen LogP contribution in [0.1, 0.15) is 20.7 Å². The van der Waals surface area contributed by atoms with E-state index in [4.69, 9.17) is 16.8 Å². The third-order valence-electron chi connectivity index (χ3n) is 2.28. The predicted octanol–water partition coefficient (Wildman–Crippen LogP) is 1.31. The summed E-state index contributed by atoms with van der Waals surface area (Å²) in [5, 5.41) is 10.9. The van der Waals surface area contributed by atoms with Crippen LogP contribution in [-0.4, -0.2) is 33.6 Å². The van der Waals surface area contributed by atoms with E-state index in [1.165, 1.54) is 0 Å². The number of carbonyl (C=O) groups is 2. The summed E-state index contributed by atoms with van der Waals surface area (Å²) in [5.74, 6) is -0.857. The summed E-state index contributed by atoms with van der Waals surface area (Å²) in [6, 6.07) is 6.49. The summed E-state index contributed by atoms with van der Waals surface area (Å²) in [6.45, 7) is -0.218. The second-order valence-corrected chi connectivity index (χ2v) is 3.65. The maximum absolute atomic E-state index is 11.8. The first-order valence-electron chi connectivity index (χ1n) is 4.47. The van der Waals surface area contributed by atoms with Gasteiger partial charge in [-0.05, 0) is 12.1 Å². The fourth-order valence-corrected chi connectivity index (χ4v) is 1.66. The first kappa shape index (κ1) is 10.6. The number of rotatable bonds is 2. The van der Waals surface area contributed by atoms with E-state index in [1.807, 2.05) is 0 Å². The van der Waals surface area contributed by atoms with Crippen molar-refractivity contribution in [3.8, 4) is 0 Å². The van der Waals surface area contributed by atoms with Gasteiger partial charge in [-0.2, -0.15) is 0 Å². The van der Waals surface area contributed by atoms with E-state index in [1.54, 1.807) is 24.3 Å². The second-order valence-electron chi connectivity index (χ2n) is 3.22. The molecule has 0 saturated heterocycles. The molecule has 6 heteroatoms. The molecule has 1 N–H and O–H groups in total. The highest BCUT2D eigenvalue weighted by Gasteiger charge is 2.35. The molecule has 1 heterocycles. The molecule has 0 aromatic heterocycles. The molecule has 1 aromatic rings. The molecule has 0 bridgehead atoms. The van der Waals surface area contributed by atoms with Gasteiger partial charge in [0, 0.05) is 0 Å². The van der Waals surface area contributed by atoms with Crippen molar-refractivity contribution >= 4 is 28.6 Å². The molecule has 0 unspecified atom stereocenters. The molecule has 16 heavy (non-hydrogen) atoms. The molecular weight excluding hydrogens is 232 g/mol. The summed E-state index contributed by atoms with van der Waals surface area (Å²) in [6.07, 6.45) is 0. The highest BCUT2D eigenvalue weighted by Crippen LogP contribution is 2.22. The molecule has 0 aliphatic carbocycles. The summed E-state index contributed by atoms with van der Waals surface area (Å²) < 4.78 is 0. The van der Waals surface area contributed by atoms with E-state index in [0.717, 1.165) is 4.90 Å². The van der Waals surface area contributed by atoms with Gasteiger partial charge in [-0.25, -0.2) is 0 Å². The van der Waals surface area contributed by atoms with Crippen LogP contribution in [0.25, 0.3) is 0 Å². The van der Waals surface area contributed by atoms with Gasteiger partial charge in [0.05, 0.1) is 17.7 Å². The lowest BCUT2D eigenvalue weighted by molar-refractivity contribution is 0.0677. The summed E-state index contributed by atoms with van der Waals surface area (Å²) in [5.41, 5.74) is 0.685. The quantitative estimate of drug-likeness (QED) is 0.366. The van der Waals surface area contributed by atoms with Crippen molar-refractivity contribution < 1.29 is 14.8 Å². The molecule has 1 aliphatic heterocycles. The molecule has 2 amide bonds. The number of carbonyl (C=O) groups excluding carboxylic acids is 2. The van der Waals surface area contributed by atoms with Crippen LogP contribution in [0.15, 0.2) is 29.4 Å². The molecule has 0 radical (unpaired) electrons. The minimum absolute atomic E-state index is 0.213.